The number of halogens is 2. The number of benzene rings is 3. The first-order valence-electron chi connectivity index (χ1n) is 27.9. The number of piperazine rings is 1. The monoisotopic (exact) mass is 1090 g/mol. The summed E-state index contributed by atoms with van der Waals surface area (Å²) in [6, 6.07) is 23.6. The lowest BCUT2D eigenvalue weighted by molar-refractivity contribution is -0.134. The van der Waals surface area contributed by atoms with E-state index in [2.05, 4.69) is 52.9 Å². The van der Waals surface area contributed by atoms with Crippen LogP contribution in [0.4, 0.5) is 21.8 Å². The van der Waals surface area contributed by atoms with Gasteiger partial charge in [-0.05, 0) is 122 Å². The SMILES string of the molecule is CC(C)[C@@H](C(=O)N1C[C@H](O)C[C@H]1C1=NO[C@@](C)(c2ccc(-c3ccccc3F)cc2)N1)c1onc(O[C@H]2CC3(C2)C[C@H](N2CCC(c4cnc(N5C6CCC5CN(c5cc(-c7ccccc7O)nnc5N)C6)nc4)CC2)C3)c1Cl. The molecule has 6 atom stereocenters. The maximum Gasteiger partial charge on any atom is 0.273 e. The fourth-order valence-electron chi connectivity index (χ4n) is 13.9. The van der Waals surface area contributed by atoms with E-state index >= 15 is 0 Å². The molecule has 2 saturated carbocycles. The Hall–Kier alpha value is -7.09. The number of phenols is 1. The normalized spacial score (nSPS) is 28.1. The van der Waals surface area contributed by atoms with Crippen LogP contribution in [0.5, 0.6) is 11.6 Å². The lowest BCUT2D eigenvalue weighted by atomic mass is 9.52. The molecular weight excluding hydrogens is 1030 g/mol. The second-order valence-electron chi connectivity index (χ2n) is 23.6. The van der Waals surface area contributed by atoms with Gasteiger partial charge in [-0.15, -0.1) is 10.2 Å². The molecule has 8 heterocycles. The average molecular weight is 1090 g/mol. The summed E-state index contributed by atoms with van der Waals surface area (Å²) in [6.07, 6.45) is 11.9. The van der Waals surface area contributed by atoms with E-state index in [9.17, 15) is 19.4 Å². The van der Waals surface area contributed by atoms with Crippen LogP contribution in [-0.4, -0.2) is 126 Å². The zero-order valence-electron chi connectivity index (χ0n) is 44.6. The number of nitrogens with two attached hydrogens (primary N) is 1. The van der Waals surface area contributed by atoms with Crippen molar-refractivity contribution in [3.05, 3.63) is 119 Å². The number of hydrogen-bond acceptors (Lipinski definition) is 17. The molecule has 2 bridgehead atoms. The quantitative estimate of drug-likeness (QED) is 0.0851. The number of β-amino-alcohol motifs (C(OH)–C–C–N with tert-alkyl or cyclic N) is 1. The van der Waals surface area contributed by atoms with E-state index in [1.54, 1.807) is 35.2 Å². The van der Waals surface area contributed by atoms with E-state index < -0.39 is 23.8 Å². The number of fused-ring (bicyclic) bond motifs is 2. The molecule has 20 heteroatoms. The van der Waals surface area contributed by atoms with Gasteiger partial charge in [0.15, 0.2) is 17.4 Å². The lowest BCUT2D eigenvalue weighted by Crippen LogP contribution is -2.59. The predicted octanol–water partition coefficient (Wildman–Crippen LogP) is 8.60. The topological polar surface area (TPSA) is 217 Å². The summed E-state index contributed by atoms with van der Waals surface area (Å²) in [4.78, 5) is 39.5. The molecule has 79 heavy (non-hydrogen) atoms. The van der Waals surface area contributed by atoms with Crippen LogP contribution >= 0.6 is 11.6 Å². The number of aliphatic hydroxyl groups is 1. The third kappa shape index (κ3) is 9.44. The highest BCUT2D eigenvalue weighted by Crippen LogP contribution is 2.59. The molecule has 7 aliphatic rings. The van der Waals surface area contributed by atoms with Crippen LogP contribution in [-0.2, 0) is 15.4 Å². The minimum atomic E-state index is -1.06. The van der Waals surface area contributed by atoms with Gasteiger partial charge in [0.1, 0.15) is 28.6 Å². The van der Waals surface area contributed by atoms with Gasteiger partial charge in [0.25, 0.3) is 5.88 Å². The van der Waals surface area contributed by atoms with Crippen molar-refractivity contribution >= 4 is 40.8 Å². The van der Waals surface area contributed by atoms with E-state index in [-0.39, 0.29) is 76.6 Å². The largest absolute Gasteiger partial charge is 0.507 e. The molecule has 18 nitrogen and oxygen atoms in total. The molecule has 3 aromatic carbocycles. The van der Waals surface area contributed by atoms with E-state index in [4.69, 9.17) is 41.4 Å². The molecule has 3 aromatic heterocycles. The van der Waals surface area contributed by atoms with E-state index in [1.807, 2.05) is 63.2 Å². The zero-order valence-corrected chi connectivity index (χ0v) is 45.3. The summed E-state index contributed by atoms with van der Waals surface area (Å²) in [5.41, 5.74) is 10.8. The first kappa shape index (κ1) is 51.4. The number of carbonyl (C=O) groups is 1. The molecule has 2 unspecified atom stereocenters. The molecular formula is C59H66ClFN12O6. The Morgan fingerprint density at radius 2 is 1.59 bits per heavy atom. The number of aliphatic hydroxyl groups excluding tert-OH is 1. The fraction of sp³-hybridized carbons (Fsp3) is 0.475. The number of aromatic hydroxyl groups is 1. The van der Waals surface area contributed by atoms with Gasteiger partial charge in [-0.1, -0.05) is 85.2 Å². The number of oxime groups is 1. The van der Waals surface area contributed by atoms with Crippen LogP contribution < -0.4 is 25.6 Å². The van der Waals surface area contributed by atoms with Crippen LogP contribution in [0.3, 0.4) is 0 Å². The smallest absolute Gasteiger partial charge is 0.273 e. The van der Waals surface area contributed by atoms with Crippen molar-refractivity contribution in [3.8, 4) is 34.0 Å². The van der Waals surface area contributed by atoms with Gasteiger partial charge < -0.3 is 55.0 Å². The third-order valence-electron chi connectivity index (χ3n) is 18.2. The number of phenolic OH excluding ortho intramolecular Hbond substituents is 1. The maximum absolute atomic E-state index is 14.6. The van der Waals surface area contributed by atoms with Crippen LogP contribution in [0, 0.1) is 17.2 Å². The number of amides is 1. The standard InChI is InChI=1S/C59H66ClFN12O6/c1-33(2)50(56(76)72-32-41(74)22-48(72)54-65-58(3,79-68-54)37-14-12-35(13-15-37)43-8-4-6-10-45(43)61)52-51(60)55(69-78-52)77-42-26-59(27-42)24-40(25-59)70-20-18-34(19-21-70)36-28-63-57(64-29-36)73-38-16-17-39(73)31-71(30-38)47-23-46(66-67-53(47)62)44-9-5-7-11-49(44)75/h4-15,23,28-29,33-34,38-42,48,50,74-75H,16-22,24-27,30-32H2,1-3H3,(H2,62,67)(H,65,68)/t38?,39?,40-,41-,42-,48+,50-,58+,59?/m1/s1. The Kier molecular flexibility index (Phi) is 13.1. The van der Waals surface area contributed by atoms with Crippen molar-refractivity contribution in [2.75, 3.05) is 48.3 Å². The number of para-hydroxylation sites is 1. The van der Waals surface area contributed by atoms with Crippen molar-refractivity contribution < 1.29 is 33.5 Å². The number of nitrogen functional groups attached to an aromatic ring is 1. The summed E-state index contributed by atoms with van der Waals surface area (Å²) in [5.74, 6) is 1.03. The fourth-order valence-corrected chi connectivity index (χ4v) is 14.2. The molecule has 5 aliphatic heterocycles. The Bertz CT molecular complexity index is 3260. The van der Waals surface area contributed by atoms with Crippen molar-refractivity contribution in [2.45, 2.75) is 132 Å². The number of rotatable bonds is 13. The van der Waals surface area contributed by atoms with Gasteiger partial charge >= 0.3 is 0 Å². The number of aromatic nitrogens is 5. The number of carbonyl (C=O) groups excluding carboxylic acids is 1. The highest BCUT2D eigenvalue weighted by atomic mass is 35.5. The molecule has 5 N–H and O–H groups in total. The van der Waals surface area contributed by atoms with Gasteiger partial charge in [0, 0.05) is 80.2 Å². The van der Waals surface area contributed by atoms with E-state index in [0.29, 0.717) is 40.4 Å². The van der Waals surface area contributed by atoms with Crippen molar-refractivity contribution in [3.63, 3.8) is 0 Å². The molecule has 1 spiro atoms. The summed E-state index contributed by atoms with van der Waals surface area (Å²) in [6.45, 7) is 9.44. The Morgan fingerprint density at radius 3 is 2.29 bits per heavy atom. The van der Waals surface area contributed by atoms with Crippen molar-refractivity contribution in [1.29, 1.82) is 0 Å². The minimum absolute atomic E-state index is 0.0474. The van der Waals surface area contributed by atoms with Crippen LogP contribution in [0.15, 0.2) is 101 Å². The van der Waals surface area contributed by atoms with Gasteiger partial charge in [0.2, 0.25) is 17.6 Å². The van der Waals surface area contributed by atoms with Crippen molar-refractivity contribution in [1.82, 2.24) is 40.4 Å². The maximum atomic E-state index is 14.6. The number of likely N-dealkylation sites (tertiary alicyclic amines) is 2. The number of amidine groups is 1. The van der Waals surface area contributed by atoms with Gasteiger partial charge in [-0.25, -0.2) is 14.4 Å². The molecule has 13 rings (SSSR count). The summed E-state index contributed by atoms with van der Waals surface area (Å²) < 4.78 is 26.8. The van der Waals surface area contributed by atoms with Crippen LogP contribution in [0.2, 0.25) is 5.02 Å². The number of anilines is 3. The molecule has 6 fully saturated rings. The molecule has 6 aromatic rings. The highest BCUT2D eigenvalue weighted by molar-refractivity contribution is 6.32. The second-order valence-corrected chi connectivity index (χ2v) is 24.0. The first-order chi connectivity index (χ1) is 38.2. The Labute approximate surface area is 463 Å². The molecule has 4 saturated heterocycles. The van der Waals surface area contributed by atoms with Gasteiger partial charge in [0.05, 0.1) is 23.5 Å². The van der Waals surface area contributed by atoms with Crippen molar-refractivity contribution in [2.24, 2.45) is 16.5 Å². The highest BCUT2D eigenvalue weighted by Gasteiger charge is 2.56. The molecule has 1 amide bonds. The predicted molar refractivity (Wildman–Crippen MR) is 296 cm³/mol. The minimum Gasteiger partial charge on any atom is -0.507 e. The number of piperidine rings is 1. The summed E-state index contributed by atoms with van der Waals surface area (Å²) in [5, 5.41) is 42.2. The number of ether oxygens (including phenoxy) is 1. The van der Waals surface area contributed by atoms with Gasteiger partial charge in [-0.3, -0.25) is 4.79 Å². The lowest BCUT2D eigenvalue weighted by Gasteiger charge is -2.60. The Morgan fingerprint density at radius 1 is 0.899 bits per heavy atom. The number of nitrogens with zero attached hydrogens (tertiary/aromatic N) is 10. The van der Waals surface area contributed by atoms with Gasteiger partial charge in [-0.2, -0.15) is 0 Å². The molecule has 2 aliphatic carbocycles. The third-order valence-corrected chi connectivity index (χ3v) is 18.5. The first-order valence-corrected chi connectivity index (χ1v) is 28.3. The zero-order chi connectivity index (χ0) is 54.3. The Balaban J connectivity index is 0.576. The van der Waals surface area contributed by atoms with Crippen LogP contribution in [0.25, 0.3) is 22.4 Å². The second kappa shape index (κ2) is 20.2. The van der Waals surface area contributed by atoms with E-state index in [1.165, 1.54) is 11.6 Å². The summed E-state index contributed by atoms with van der Waals surface area (Å²) >= 11 is 6.99. The molecule has 412 valence electrons. The number of nitrogens with one attached hydrogen (secondary N) is 1. The van der Waals surface area contributed by atoms with E-state index in [0.717, 1.165) is 100 Å². The molecule has 0 radical (unpaired) electrons. The summed E-state index contributed by atoms with van der Waals surface area (Å²) in [7, 11) is 0. The van der Waals surface area contributed by atoms with Crippen LogP contribution in [0.1, 0.15) is 107 Å². The average Bonchev–Trinajstić information content (AvgIpc) is 4.23. The number of hydrogen-bond donors (Lipinski definition) is 4.